The minimum absolute atomic E-state index is 0.0411. The average molecular weight is 285 g/mol. The maximum Gasteiger partial charge on any atom is 0.319 e. The van der Waals surface area contributed by atoms with E-state index in [2.05, 4.69) is 5.32 Å². The molecule has 3 amide bonds. The molecule has 0 atom stereocenters. The molecular formula is C13H23N3O4. The van der Waals surface area contributed by atoms with Crippen LogP contribution in [-0.2, 0) is 9.59 Å². The highest BCUT2D eigenvalue weighted by Crippen LogP contribution is 2.12. The van der Waals surface area contributed by atoms with Crippen molar-refractivity contribution in [1.82, 2.24) is 15.1 Å². The zero-order valence-corrected chi connectivity index (χ0v) is 12.1. The molecule has 1 saturated heterocycles. The van der Waals surface area contributed by atoms with Crippen molar-refractivity contribution in [2.75, 3.05) is 26.7 Å². The number of amides is 3. The number of carbonyl (C=O) groups excluding carboxylic acids is 2. The maximum absolute atomic E-state index is 12.1. The van der Waals surface area contributed by atoms with E-state index < -0.39 is 5.97 Å². The SMILES string of the molecule is CC(=O)NC1CCN(C(=O)N(C)CCCC(=O)O)CC1. The Balaban J connectivity index is 2.30. The molecule has 0 aromatic carbocycles. The van der Waals surface area contributed by atoms with Gasteiger partial charge in [0.25, 0.3) is 0 Å². The van der Waals surface area contributed by atoms with Gasteiger partial charge in [-0.2, -0.15) is 0 Å². The molecule has 20 heavy (non-hydrogen) atoms. The zero-order valence-electron chi connectivity index (χ0n) is 12.1. The summed E-state index contributed by atoms with van der Waals surface area (Å²) >= 11 is 0. The van der Waals surface area contributed by atoms with E-state index in [1.807, 2.05) is 0 Å². The Morgan fingerprint density at radius 2 is 1.90 bits per heavy atom. The number of hydrogen-bond acceptors (Lipinski definition) is 3. The third-order valence-corrected chi connectivity index (χ3v) is 3.38. The second kappa shape index (κ2) is 7.72. The number of aliphatic carboxylic acids is 1. The summed E-state index contributed by atoms with van der Waals surface area (Å²) in [6.45, 7) is 3.17. The number of likely N-dealkylation sites (tertiary alicyclic amines) is 1. The van der Waals surface area contributed by atoms with Gasteiger partial charge in [0.1, 0.15) is 0 Å². The second-order valence-electron chi connectivity index (χ2n) is 5.16. The van der Waals surface area contributed by atoms with Gasteiger partial charge in [-0.1, -0.05) is 0 Å². The lowest BCUT2D eigenvalue weighted by Crippen LogP contribution is -2.49. The van der Waals surface area contributed by atoms with Crippen molar-refractivity contribution >= 4 is 17.9 Å². The Kier molecular flexibility index (Phi) is 6.27. The summed E-state index contributed by atoms with van der Waals surface area (Å²) in [6, 6.07) is 0.0746. The Labute approximate surface area is 118 Å². The van der Waals surface area contributed by atoms with Gasteiger partial charge in [0.15, 0.2) is 0 Å². The Morgan fingerprint density at radius 3 is 2.40 bits per heavy atom. The van der Waals surface area contributed by atoms with E-state index in [-0.39, 0.29) is 24.4 Å². The number of carboxylic acid groups (broad SMARTS) is 1. The molecule has 2 N–H and O–H groups in total. The minimum Gasteiger partial charge on any atom is -0.481 e. The Bertz CT molecular complexity index is 365. The van der Waals surface area contributed by atoms with Crippen LogP contribution in [0.5, 0.6) is 0 Å². The predicted octanol–water partition coefficient (Wildman–Crippen LogP) is 0.504. The summed E-state index contributed by atoms with van der Waals surface area (Å²) in [7, 11) is 1.68. The monoisotopic (exact) mass is 285 g/mol. The van der Waals surface area contributed by atoms with Crippen LogP contribution in [0.2, 0.25) is 0 Å². The third kappa shape index (κ3) is 5.46. The van der Waals surface area contributed by atoms with Crippen LogP contribution in [0.1, 0.15) is 32.6 Å². The molecule has 0 aromatic heterocycles. The molecule has 1 heterocycles. The van der Waals surface area contributed by atoms with Gasteiger partial charge in [-0.15, -0.1) is 0 Å². The van der Waals surface area contributed by atoms with E-state index in [1.165, 1.54) is 6.92 Å². The van der Waals surface area contributed by atoms with Gasteiger partial charge < -0.3 is 20.2 Å². The Morgan fingerprint density at radius 1 is 1.30 bits per heavy atom. The molecule has 1 rings (SSSR count). The number of carbonyl (C=O) groups is 3. The van der Waals surface area contributed by atoms with Gasteiger partial charge in [0.2, 0.25) is 5.91 Å². The van der Waals surface area contributed by atoms with Crippen LogP contribution < -0.4 is 5.32 Å². The molecule has 0 aromatic rings. The third-order valence-electron chi connectivity index (χ3n) is 3.38. The number of hydrogen-bond donors (Lipinski definition) is 2. The lowest BCUT2D eigenvalue weighted by Gasteiger charge is -2.34. The van der Waals surface area contributed by atoms with Crippen molar-refractivity contribution in [2.45, 2.75) is 38.6 Å². The highest BCUT2D eigenvalue weighted by Gasteiger charge is 2.24. The number of nitrogens with one attached hydrogen (secondary N) is 1. The zero-order chi connectivity index (χ0) is 15.1. The number of rotatable bonds is 5. The van der Waals surface area contributed by atoms with Crippen LogP contribution in [0.3, 0.4) is 0 Å². The summed E-state index contributed by atoms with van der Waals surface area (Å²) in [4.78, 5) is 36.8. The molecule has 1 aliphatic rings. The molecule has 0 saturated carbocycles. The first kappa shape index (κ1) is 16.3. The van der Waals surface area contributed by atoms with Crippen molar-refractivity contribution in [3.63, 3.8) is 0 Å². The lowest BCUT2D eigenvalue weighted by molar-refractivity contribution is -0.137. The molecule has 0 bridgehead atoms. The van der Waals surface area contributed by atoms with Crippen molar-refractivity contribution in [2.24, 2.45) is 0 Å². The summed E-state index contributed by atoms with van der Waals surface area (Å²) in [6.07, 6.45) is 2.05. The van der Waals surface area contributed by atoms with Gasteiger partial charge in [-0.25, -0.2) is 4.79 Å². The second-order valence-corrected chi connectivity index (χ2v) is 5.16. The molecule has 1 aliphatic heterocycles. The van der Waals surface area contributed by atoms with Crippen molar-refractivity contribution < 1.29 is 19.5 Å². The van der Waals surface area contributed by atoms with Crippen molar-refractivity contribution in [1.29, 1.82) is 0 Å². The molecule has 114 valence electrons. The first-order chi connectivity index (χ1) is 9.40. The standard InChI is InChI=1S/C13H23N3O4/c1-10(17)14-11-5-8-16(9-6-11)13(20)15(2)7-3-4-12(18)19/h11H,3-9H2,1-2H3,(H,14,17)(H,18,19). The predicted molar refractivity (Wildman–Crippen MR) is 73.3 cm³/mol. The number of piperidine rings is 1. The van der Waals surface area contributed by atoms with Gasteiger partial charge >= 0.3 is 12.0 Å². The summed E-state index contributed by atoms with van der Waals surface area (Å²) in [5, 5.41) is 11.4. The van der Waals surface area contributed by atoms with Gasteiger partial charge in [-0.05, 0) is 19.3 Å². The van der Waals surface area contributed by atoms with E-state index in [9.17, 15) is 14.4 Å². The van der Waals surface area contributed by atoms with Crippen LogP contribution in [0, 0.1) is 0 Å². The van der Waals surface area contributed by atoms with Crippen LogP contribution in [0.4, 0.5) is 4.79 Å². The van der Waals surface area contributed by atoms with Gasteiger partial charge in [0, 0.05) is 46.1 Å². The van der Waals surface area contributed by atoms with Crippen molar-refractivity contribution in [3.8, 4) is 0 Å². The first-order valence-electron chi connectivity index (χ1n) is 6.89. The fraction of sp³-hybridized carbons (Fsp3) is 0.769. The molecule has 7 heteroatoms. The van der Waals surface area contributed by atoms with E-state index in [4.69, 9.17) is 5.11 Å². The summed E-state index contributed by atoms with van der Waals surface area (Å²) in [5.74, 6) is -0.887. The Hall–Kier alpha value is -1.79. The molecule has 1 fully saturated rings. The quantitative estimate of drug-likeness (QED) is 0.770. The average Bonchev–Trinajstić information content (AvgIpc) is 2.37. The van der Waals surface area contributed by atoms with Crippen LogP contribution in [0.25, 0.3) is 0 Å². The van der Waals surface area contributed by atoms with Gasteiger partial charge in [-0.3, -0.25) is 9.59 Å². The van der Waals surface area contributed by atoms with E-state index in [0.717, 1.165) is 12.8 Å². The van der Waals surface area contributed by atoms with E-state index in [1.54, 1.807) is 16.8 Å². The van der Waals surface area contributed by atoms with Crippen LogP contribution in [-0.4, -0.2) is 65.5 Å². The molecule has 0 spiro atoms. The molecule has 0 aliphatic carbocycles. The maximum atomic E-state index is 12.1. The lowest BCUT2D eigenvalue weighted by atomic mass is 10.1. The first-order valence-corrected chi connectivity index (χ1v) is 6.89. The van der Waals surface area contributed by atoms with Gasteiger partial charge in [0.05, 0.1) is 0 Å². The fourth-order valence-electron chi connectivity index (χ4n) is 2.31. The van der Waals surface area contributed by atoms with Crippen LogP contribution >= 0.6 is 0 Å². The van der Waals surface area contributed by atoms with Crippen LogP contribution in [0.15, 0.2) is 0 Å². The smallest absolute Gasteiger partial charge is 0.319 e. The largest absolute Gasteiger partial charge is 0.481 e. The molecule has 7 nitrogen and oxygen atoms in total. The number of carboxylic acids is 1. The molecule has 0 unspecified atom stereocenters. The van der Waals surface area contributed by atoms with E-state index >= 15 is 0 Å². The summed E-state index contributed by atoms with van der Waals surface area (Å²) < 4.78 is 0. The van der Waals surface area contributed by atoms with E-state index in [0.29, 0.717) is 26.1 Å². The minimum atomic E-state index is -0.845. The molecule has 0 radical (unpaired) electrons. The highest BCUT2D eigenvalue weighted by molar-refractivity contribution is 5.75. The van der Waals surface area contributed by atoms with Crippen molar-refractivity contribution in [3.05, 3.63) is 0 Å². The number of nitrogens with zero attached hydrogens (tertiary/aromatic N) is 2. The normalized spacial score (nSPS) is 15.8. The number of urea groups is 1. The fourth-order valence-corrected chi connectivity index (χ4v) is 2.31. The highest BCUT2D eigenvalue weighted by atomic mass is 16.4. The molecular weight excluding hydrogens is 262 g/mol. The topological polar surface area (TPSA) is 90.0 Å². The summed E-state index contributed by atoms with van der Waals surface area (Å²) in [5.41, 5.74) is 0.